The zero-order valence-electron chi connectivity index (χ0n) is 20.5. The third-order valence-electron chi connectivity index (χ3n) is 6.18. The highest BCUT2D eigenvalue weighted by Crippen LogP contribution is 2.39. The van der Waals surface area contributed by atoms with E-state index < -0.39 is 0 Å². The fraction of sp³-hybridized carbons (Fsp3) is 0.462. The minimum atomic E-state index is 0.0593. The molecule has 35 heavy (non-hydrogen) atoms. The normalized spacial score (nSPS) is 13.9. The number of amides is 2. The number of aryl methyl sites for hydroxylation is 1. The highest BCUT2D eigenvalue weighted by molar-refractivity contribution is 6.37. The second-order valence-electron chi connectivity index (χ2n) is 8.94. The first-order chi connectivity index (χ1) is 16.7. The van der Waals surface area contributed by atoms with Crippen molar-refractivity contribution in [2.75, 3.05) is 53.9 Å². The number of hydrogen-bond donors (Lipinski definition) is 0. The predicted octanol–water partition coefficient (Wildman–Crippen LogP) is 5.27. The van der Waals surface area contributed by atoms with Gasteiger partial charge >= 0.3 is 0 Å². The molecule has 1 aliphatic heterocycles. The zero-order chi connectivity index (χ0) is 25.5. The predicted molar refractivity (Wildman–Crippen MR) is 143 cm³/mol. The lowest BCUT2D eigenvalue weighted by Gasteiger charge is -2.35. The molecule has 1 heterocycles. The quantitative estimate of drug-likeness (QED) is 0.435. The van der Waals surface area contributed by atoms with Crippen molar-refractivity contribution in [3.05, 3.63) is 51.0 Å². The van der Waals surface area contributed by atoms with Crippen LogP contribution in [0.15, 0.2) is 30.3 Å². The van der Waals surface area contributed by atoms with Gasteiger partial charge in [-0.1, -0.05) is 34.8 Å². The van der Waals surface area contributed by atoms with Gasteiger partial charge in [0.15, 0.2) is 0 Å². The largest absolute Gasteiger partial charge is 0.496 e. The molecule has 0 N–H and O–H groups in total. The smallest absolute Gasteiger partial charge is 0.223 e. The highest BCUT2D eigenvalue weighted by Gasteiger charge is 2.24. The van der Waals surface area contributed by atoms with Crippen molar-refractivity contribution in [2.45, 2.75) is 25.7 Å². The standard InChI is InChI=1S/C26H32Cl3N3O3/c1-30(2)10-4-5-25(33)31-11-13-32(14-12-31)26(34)9-6-18-15-20(23(29)17-24(18)35-3)21-16-19(27)7-8-22(21)28/h7-8,15-17H,4-6,9-14H2,1-3H3. The number of rotatable bonds is 9. The molecule has 2 aromatic carbocycles. The van der Waals surface area contributed by atoms with Gasteiger partial charge in [0.25, 0.3) is 0 Å². The lowest BCUT2D eigenvalue weighted by atomic mass is 9.99. The van der Waals surface area contributed by atoms with Gasteiger partial charge in [0.2, 0.25) is 11.8 Å². The van der Waals surface area contributed by atoms with Gasteiger partial charge in [-0.05, 0) is 69.4 Å². The minimum Gasteiger partial charge on any atom is -0.496 e. The van der Waals surface area contributed by atoms with Crippen molar-refractivity contribution >= 4 is 46.6 Å². The van der Waals surface area contributed by atoms with Gasteiger partial charge in [-0.25, -0.2) is 0 Å². The zero-order valence-corrected chi connectivity index (χ0v) is 22.7. The van der Waals surface area contributed by atoms with Gasteiger partial charge in [0.05, 0.1) is 12.1 Å². The topological polar surface area (TPSA) is 53.1 Å². The van der Waals surface area contributed by atoms with E-state index in [2.05, 4.69) is 4.90 Å². The lowest BCUT2D eigenvalue weighted by molar-refractivity contribution is -0.139. The Balaban J connectivity index is 1.61. The van der Waals surface area contributed by atoms with Gasteiger partial charge in [-0.15, -0.1) is 0 Å². The molecule has 0 atom stereocenters. The number of hydrogen-bond acceptors (Lipinski definition) is 4. The summed E-state index contributed by atoms with van der Waals surface area (Å²) < 4.78 is 5.52. The number of carbonyl (C=O) groups is 2. The summed E-state index contributed by atoms with van der Waals surface area (Å²) in [5, 5.41) is 1.59. The van der Waals surface area contributed by atoms with Gasteiger partial charge in [0.1, 0.15) is 5.75 Å². The second kappa shape index (κ2) is 12.8. The molecule has 0 unspecified atom stereocenters. The number of nitrogens with zero attached hydrogens (tertiary/aromatic N) is 3. The van der Waals surface area contributed by atoms with Crippen LogP contribution in [0, 0.1) is 0 Å². The van der Waals surface area contributed by atoms with Crippen LogP contribution in [-0.2, 0) is 16.0 Å². The van der Waals surface area contributed by atoms with Crippen molar-refractivity contribution < 1.29 is 14.3 Å². The molecule has 9 heteroatoms. The first-order valence-electron chi connectivity index (χ1n) is 11.7. The average Bonchev–Trinajstić information content (AvgIpc) is 2.84. The molecule has 0 saturated carbocycles. The van der Waals surface area contributed by atoms with Crippen LogP contribution >= 0.6 is 34.8 Å². The molecule has 0 spiro atoms. The molecular formula is C26H32Cl3N3O3. The molecule has 1 fully saturated rings. The maximum absolute atomic E-state index is 12.9. The molecule has 0 bridgehead atoms. The Kier molecular flexibility index (Phi) is 10.1. The van der Waals surface area contributed by atoms with Gasteiger partial charge in [-0.3, -0.25) is 9.59 Å². The van der Waals surface area contributed by atoms with Crippen molar-refractivity contribution in [3.8, 4) is 16.9 Å². The summed E-state index contributed by atoms with van der Waals surface area (Å²) in [5.41, 5.74) is 2.33. The summed E-state index contributed by atoms with van der Waals surface area (Å²) in [6, 6.07) is 8.88. The monoisotopic (exact) mass is 539 g/mol. The van der Waals surface area contributed by atoms with Crippen LogP contribution in [0.1, 0.15) is 24.8 Å². The summed E-state index contributed by atoms with van der Waals surface area (Å²) in [6.45, 7) is 3.16. The summed E-state index contributed by atoms with van der Waals surface area (Å²) in [7, 11) is 5.58. The molecule has 3 rings (SSSR count). The highest BCUT2D eigenvalue weighted by atomic mass is 35.5. The maximum atomic E-state index is 12.9. The molecule has 0 aliphatic carbocycles. The van der Waals surface area contributed by atoms with E-state index in [1.807, 2.05) is 30.0 Å². The Labute approximate surface area is 222 Å². The average molecular weight is 541 g/mol. The maximum Gasteiger partial charge on any atom is 0.223 e. The van der Waals surface area contributed by atoms with Crippen molar-refractivity contribution in [2.24, 2.45) is 0 Å². The first-order valence-corrected chi connectivity index (χ1v) is 12.8. The van der Waals surface area contributed by atoms with E-state index in [0.717, 1.165) is 29.7 Å². The number of carbonyl (C=O) groups excluding carboxylic acids is 2. The molecule has 0 radical (unpaired) electrons. The van der Waals surface area contributed by atoms with Gasteiger partial charge in [0, 0.05) is 60.2 Å². The van der Waals surface area contributed by atoms with Crippen LogP contribution in [0.3, 0.4) is 0 Å². The third-order valence-corrected chi connectivity index (χ3v) is 7.06. The number of ether oxygens (including phenoxy) is 1. The number of methoxy groups -OCH3 is 1. The van der Waals surface area contributed by atoms with E-state index in [9.17, 15) is 9.59 Å². The number of halogens is 3. The van der Waals surface area contributed by atoms with Crippen LogP contribution in [0.4, 0.5) is 0 Å². The summed E-state index contributed by atoms with van der Waals surface area (Å²) in [6.07, 6.45) is 2.21. The molecule has 2 aromatic rings. The minimum absolute atomic E-state index is 0.0593. The van der Waals surface area contributed by atoms with Crippen molar-refractivity contribution in [3.63, 3.8) is 0 Å². The van der Waals surface area contributed by atoms with Crippen LogP contribution in [-0.4, -0.2) is 80.4 Å². The lowest BCUT2D eigenvalue weighted by Crippen LogP contribution is -2.50. The molecule has 1 saturated heterocycles. The third kappa shape index (κ3) is 7.50. The molecule has 0 aromatic heterocycles. The summed E-state index contributed by atoms with van der Waals surface area (Å²) in [4.78, 5) is 31.1. The van der Waals surface area contributed by atoms with E-state index in [0.29, 0.717) is 66.3 Å². The van der Waals surface area contributed by atoms with Gasteiger partial charge < -0.3 is 19.4 Å². The Morgan fingerprint density at radius 3 is 2.09 bits per heavy atom. The van der Waals surface area contributed by atoms with E-state index in [4.69, 9.17) is 39.5 Å². The van der Waals surface area contributed by atoms with E-state index in [1.54, 1.807) is 31.4 Å². The summed E-state index contributed by atoms with van der Waals surface area (Å²) in [5.74, 6) is 0.846. The summed E-state index contributed by atoms with van der Waals surface area (Å²) >= 11 is 19.1. The fourth-order valence-corrected chi connectivity index (χ4v) is 4.85. The Morgan fingerprint density at radius 1 is 0.886 bits per heavy atom. The molecule has 2 amide bonds. The van der Waals surface area contributed by atoms with Crippen molar-refractivity contribution in [1.82, 2.24) is 14.7 Å². The van der Waals surface area contributed by atoms with E-state index >= 15 is 0 Å². The Bertz CT molecular complexity index is 1050. The van der Waals surface area contributed by atoms with Crippen molar-refractivity contribution in [1.29, 1.82) is 0 Å². The van der Waals surface area contributed by atoms with Crippen LogP contribution in [0.2, 0.25) is 15.1 Å². The number of benzene rings is 2. The van der Waals surface area contributed by atoms with Crippen LogP contribution < -0.4 is 4.74 Å². The Morgan fingerprint density at radius 2 is 1.49 bits per heavy atom. The molecule has 190 valence electrons. The molecule has 1 aliphatic rings. The second-order valence-corrected chi connectivity index (χ2v) is 10.2. The van der Waals surface area contributed by atoms with Gasteiger partial charge in [-0.2, -0.15) is 0 Å². The fourth-order valence-electron chi connectivity index (χ4n) is 4.21. The Hall–Kier alpha value is -1.99. The van der Waals surface area contributed by atoms with E-state index in [-0.39, 0.29) is 11.8 Å². The van der Waals surface area contributed by atoms with Crippen LogP contribution in [0.5, 0.6) is 5.75 Å². The SMILES string of the molecule is COc1cc(Cl)c(-c2cc(Cl)ccc2Cl)cc1CCC(=O)N1CCN(C(=O)CCCN(C)C)CC1. The molecular weight excluding hydrogens is 509 g/mol. The molecule has 6 nitrogen and oxygen atoms in total. The number of piperazine rings is 1. The van der Waals surface area contributed by atoms with E-state index in [1.165, 1.54) is 0 Å². The first kappa shape index (κ1) is 27.6. The van der Waals surface area contributed by atoms with Crippen LogP contribution in [0.25, 0.3) is 11.1 Å².